The molecule has 0 radical (unpaired) electrons. The van der Waals surface area contributed by atoms with E-state index in [-0.39, 0.29) is 6.54 Å². The summed E-state index contributed by atoms with van der Waals surface area (Å²) in [6.07, 6.45) is 0. The van der Waals surface area contributed by atoms with Crippen molar-refractivity contribution in [2.24, 2.45) is 22.9 Å². The zero-order valence-corrected chi connectivity index (χ0v) is 12.4. The van der Waals surface area contributed by atoms with Gasteiger partial charge in [-0.2, -0.15) is 0 Å². The normalized spacial score (nSPS) is 11.2. The van der Waals surface area contributed by atoms with Gasteiger partial charge in [-0.15, -0.1) is 0 Å². The van der Waals surface area contributed by atoms with Crippen LogP contribution in [0.1, 0.15) is 0 Å². The maximum atomic E-state index is 11.6. The second-order valence-corrected chi connectivity index (χ2v) is 5.72. The summed E-state index contributed by atoms with van der Waals surface area (Å²) in [7, 11) is 9.75. The summed E-state index contributed by atoms with van der Waals surface area (Å²) in [6.45, 7) is -1.76. The third-order valence-corrected chi connectivity index (χ3v) is 1.11. The molecule has 0 aliphatic heterocycles. The molecular weight excluding hydrogens is 470 g/mol. The molecule has 0 aromatic rings. The van der Waals surface area contributed by atoms with Crippen LogP contribution < -0.4 is 22.9 Å². The van der Waals surface area contributed by atoms with Gasteiger partial charge >= 0.3 is 35.3 Å². The SMILES string of the molecule is NCC(F)(F)CN.N[CH-]C(F)(F)CN.[Cl][Pt][Cl]. The van der Waals surface area contributed by atoms with Crippen LogP contribution >= 0.6 is 18.8 Å². The van der Waals surface area contributed by atoms with Crippen LogP contribution in [0.25, 0.3) is 0 Å². The second kappa shape index (κ2) is 13.3. The third kappa shape index (κ3) is 22.5. The molecule has 0 spiro atoms. The van der Waals surface area contributed by atoms with Gasteiger partial charge in [0.2, 0.25) is 0 Å². The molecular formula is C6H15Cl2F4N4Pt-. The van der Waals surface area contributed by atoms with Crippen LogP contribution in [0, 0.1) is 6.54 Å². The summed E-state index contributed by atoms with van der Waals surface area (Å²) in [6, 6.07) is 0. The second-order valence-electron chi connectivity index (χ2n) is 2.44. The van der Waals surface area contributed by atoms with Crippen molar-refractivity contribution in [3.05, 3.63) is 6.54 Å². The molecule has 0 heterocycles. The van der Waals surface area contributed by atoms with Crippen LogP contribution in [-0.4, -0.2) is 31.5 Å². The number of hydrogen-bond acceptors (Lipinski definition) is 4. The average Bonchev–Trinajstić information content (AvgIpc) is 2.31. The average molecular weight is 485 g/mol. The molecule has 0 unspecified atom stereocenters. The molecule has 112 valence electrons. The predicted octanol–water partition coefficient (Wildman–Crippen LogP) is 0.616. The van der Waals surface area contributed by atoms with Crippen molar-refractivity contribution in [1.82, 2.24) is 0 Å². The molecule has 0 saturated heterocycles. The van der Waals surface area contributed by atoms with Gasteiger partial charge in [-0.25, -0.2) is 24.1 Å². The Morgan fingerprint density at radius 2 is 1.24 bits per heavy atom. The van der Waals surface area contributed by atoms with E-state index in [0.29, 0.717) is 0 Å². The molecule has 0 fully saturated rings. The Balaban J connectivity index is -0.000000188. The van der Waals surface area contributed by atoms with Crippen LogP contribution in [0.3, 0.4) is 0 Å². The first kappa shape index (κ1) is 23.0. The molecule has 11 heteroatoms. The van der Waals surface area contributed by atoms with Gasteiger partial charge in [-0.3, -0.25) is 0 Å². The first-order chi connectivity index (χ1) is 7.66. The molecule has 0 aliphatic rings. The van der Waals surface area contributed by atoms with E-state index in [9.17, 15) is 17.6 Å². The fourth-order valence-corrected chi connectivity index (χ4v) is 0.151. The summed E-state index contributed by atoms with van der Waals surface area (Å²) in [5.41, 5.74) is 18.2. The van der Waals surface area contributed by atoms with Crippen LogP contribution in [0.15, 0.2) is 0 Å². The Kier molecular flexibility index (Phi) is 17.9. The molecule has 8 N–H and O–H groups in total. The van der Waals surface area contributed by atoms with Crippen molar-refractivity contribution >= 4 is 18.8 Å². The molecule has 17 heavy (non-hydrogen) atoms. The Hall–Kier alpha value is 0.828. The van der Waals surface area contributed by atoms with Gasteiger partial charge in [0.1, 0.15) is 0 Å². The van der Waals surface area contributed by atoms with E-state index in [4.69, 9.17) is 18.8 Å². The van der Waals surface area contributed by atoms with Gasteiger partial charge in [0.05, 0.1) is 13.1 Å². The van der Waals surface area contributed by atoms with Gasteiger partial charge < -0.3 is 22.9 Å². The van der Waals surface area contributed by atoms with Crippen molar-refractivity contribution in [1.29, 1.82) is 0 Å². The topological polar surface area (TPSA) is 104 Å². The van der Waals surface area contributed by atoms with E-state index in [1.54, 1.807) is 0 Å². The van der Waals surface area contributed by atoms with E-state index in [2.05, 4.69) is 22.9 Å². The molecule has 0 atom stereocenters. The van der Waals surface area contributed by atoms with Gasteiger partial charge in [0.25, 0.3) is 5.92 Å². The van der Waals surface area contributed by atoms with Gasteiger partial charge in [-0.1, -0.05) is 0 Å². The van der Waals surface area contributed by atoms with Gasteiger partial charge in [0, 0.05) is 6.54 Å². The predicted molar refractivity (Wildman–Crippen MR) is 57.3 cm³/mol. The van der Waals surface area contributed by atoms with Gasteiger partial charge in [0.15, 0.2) is 5.92 Å². The minimum absolute atomic E-state index is 0.285. The van der Waals surface area contributed by atoms with Gasteiger partial charge in [-0.05, 0) is 0 Å². The third-order valence-electron chi connectivity index (χ3n) is 1.11. The Morgan fingerprint density at radius 3 is 1.24 bits per heavy atom. The number of nitrogens with two attached hydrogens (primary N) is 4. The molecule has 0 aromatic carbocycles. The van der Waals surface area contributed by atoms with Crippen LogP contribution in [-0.2, 0) is 16.5 Å². The molecule has 0 bridgehead atoms. The number of rotatable bonds is 4. The number of halogens is 6. The molecule has 4 nitrogen and oxygen atoms in total. The first-order valence-corrected chi connectivity index (χ1v) is 9.53. The van der Waals surface area contributed by atoms with E-state index in [1.807, 2.05) is 0 Å². The summed E-state index contributed by atoms with van der Waals surface area (Å²) in [5, 5.41) is 0. The molecule has 0 aromatic heterocycles. The summed E-state index contributed by atoms with van der Waals surface area (Å²) in [5.74, 6) is -5.85. The van der Waals surface area contributed by atoms with Crippen molar-refractivity contribution in [3.8, 4) is 0 Å². The standard InChI is InChI=1S/C3H8F2N2.C3H7F2N2.2ClH.Pt/c2*4-3(5,1-6)2-7;;;/h1-2,6-7H2;1H,2,6-7H2;2*1H;/q;-1;;;+2/p-2. The summed E-state index contributed by atoms with van der Waals surface area (Å²) >= 11 is -0.472. The fourth-order valence-electron chi connectivity index (χ4n) is 0.151. The van der Waals surface area contributed by atoms with E-state index in [0.717, 1.165) is 0 Å². The zero-order chi connectivity index (χ0) is 14.5. The Labute approximate surface area is 114 Å². The van der Waals surface area contributed by atoms with Crippen molar-refractivity contribution in [3.63, 3.8) is 0 Å². The first-order valence-electron chi connectivity index (χ1n) is 3.90. The van der Waals surface area contributed by atoms with E-state index < -0.39 is 48.0 Å². The van der Waals surface area contributed by atoms with E-state index in [1.165, 1.54) is 0 Å². The number of hydrogen-bond donors (Lipinski definition) is 4. The Morgan fingerprint density at radius 1 is 0.941 bits per heavy atom. The summed E-state index contributed by atoms with van der Waals surface area (Å²) < 4.78 is 46.4. The molecule has 0 saturated carbocycles. The van der Waals surface area contributed by atoms with Crippen molar-refractivity contribution in [2.75, 3.05) is 19.6 Å². The maximum absolute atomic E-state index is 11.6. The molecule has 0 aliphatic carbocycles. The van der Waals surface area contributed by atoms with E-state index >= 15 is 0 Å². The molecule has 0 amide bonds. The molecule has 0 rings (SSSR count). The zero-order valence-electron chi connectivity index (χ0n) is 8.59. The quantitative estimate of drug-likeness (QED) is 0.346. The Bertz CT molecular complexity index is 139. The minimum atomic E-state index is -2.99. The van der Waals surface area contributed by atoms with Crippen molar-refractivity contribution < 1.29 is 34.0 Å². The monoisotopic (exact) mass is 484 g/mol. The fraction of sp³-hybridized carbons (Fsp3) is 0.833. The summed E-state index contributed by atoms with van der Waals surface area (Å²) in [4.78, 5) is 0. The van der Waals surface area contributed by atoms with Crippen LogP contribution in [0.4, 0.5) is 17.6 Å². The van der Waals surface area contributed by atoms with Crippen LogP contribution in [0.5, 0.6) is 0 Å². The number of alkyl halides is 4. The van der Waals surface area contributed by atoms with Crippen molar-refractivity contribution in [2.45, 2.75) is 11.8 Å². The van der Waals surface area contributed by atoms with Crippen LogP contribution in [0.2, 0.25) is 0 Å².